The van der Waals surface area contributed by atoms with Crippen LogP contribution < -0.4 is 15.8 Å². The fourth-order valence-corrected chi connectivity index (χ4v) is 1.91. The van der Waals surface area contributed by atoms with E-state index in [0.717, 1.165) is 24.2 Å². The zero-order valence-corrected chi connectivity index (χ0v) is 13.0. The van der Waals surface area contributed by atoms with Crippen molar-refractivity contribution >= 4 is 18.3 Å². The first-order valence-corrected chi connectivity index (χ1v) is 6.77. The Hall–Kier alpha value is -1.26. The Morgan fingerprint density at radius 1 is 1.35 bits per heavy atom. The number of benzene rings is 1. The summed E-state index contributed by atoms with van der Waals surface area (Å²) in [7, 11) is 0. The highest BCUT2D eigenvalue weighted by atomic mass is 35.5. The molecule has 1 aliphatic carbocycles. The number of hydrogen-bond acceptors (Lipinski definition) is 3. The van der Waals surface area contributed by atoms with E-state index in [1.54, 1.807) is 0 Å². The normalized spacial score (nSPS) is 17.1. The summed E-state index contributed by atoms with van der Waals surface area (Å²) in [4.78, 5) is 11.9. The van der Waals surface area contributed by atoms with Gasteiger partial charge in [-0.3, -0.25) is 4.79 Å². The van der Waals surface area contributed by atoms with Crippen molar-refractivity contribution in [1.82, 2.24) is 5.32 Å². The van der Waals surface area contributed by atoms with Gasteiger partial charge in [-0.15, -0.1) is 12.4 Å². The second kappa shape index (κ2) is 6.46. The predicted octanol–water partition coefficient (Wildman–Crippen LogP) is 2.56. The van der Waals surface area contributed by atoms with Gasteiger partial charge in [0.2, 0.25) is 5.91 Å². The molecule has 1 aromatic rings. The number of nitrogens with two attached hydrogens (primary N) is 1. The van der Waals surface area contributed by atoms with Gasteiger partial charge in [-0.2, -0.15) is 0 Å². The number of nitrogens with one attached hydrogen (secondary N) is 1. The molecule has 1 saturated carbocycles. The Bertz CT molecular complexity index is 473. The minimum Gasteiger partial charge on any atom is -0.491 e. The van der Waals surface area contributed by atoms with Gasteiger partial charge in [0, 0.05) is 0 Å². The molecule has 20 heavy (non-hydrogen) atoms. The number of hydrogen-bond donors (Lipinski definition) is 2. The molecular weight excluding hydrogens is 276 g/mol. The van der Waals surface area contributed by atoms with Crippen LogP contribution in [0.3, 0.4) is 0 Å². The zero-order valence-electron chi connectivity index (χ0n) is 12.2. The second-order valence-corrected chi connectivity index (χ2v) is 5.59. The Labute approximate surface area is 126 Å². The summed E-state index contributed by atoms with van der Waals surface area (Å²) in [6, 6.07) is 7.73. The fraction of sp³-hybridized carbons (Fsp3) is 0.533. The van der Waals surface area contributed by atoms with Crippen molar-refractivity contribution in [1.29, 1.82) is 0 Å². The molecule has 1 atom stereocenters. The first-order chi connectivity index (χ1) is 8.90. The van der Waals surface area contributed by atoms with Gasteiger partial charge in [-0.1, -0.05) is 12.1 Å². The van der Waals surface area contributed by atoms with Crippen LogP contribution in [0.5, 0.6) is 5.75 Å². The van der Waals surface area contributed by atoms with Gasteiger partial charge in [-0.05, 0) is 51.3 Å². The maximum absolute atomic E-state index is 11.9. The third kappa shape index (κ3) is 4.12. The summed E-state index contributed by atoms with van der Waals surface area (Å²) in [5, 5.41) is 2.96. The zero-order chi connectivity index (χ0) is 14.0. The first kappa shape index (κ1) is 16.8. The highest BCUT2D eigenvalue weighted by molar-refractivity contribution is 5.89. The van der Waals surface area contributed by atoms with Crippen LogP contribution in [0.25, 0.3) is 0 Å². The summed E-state index contributed by atoms with van der Waals surface area (Å²) in [5.41, 5.74) is 6.27. The Morgan fingerprint density at radius 3 is 2.55 bits per heavy atom. The van der Waals surface area contributed by atoms with Crippen molar-refractivity contribution in [3.63, 3.8) is 0 Å². The van der Waals surface area contributed by atoms with Crippen LogP contribution in [0.1, 0.15) is 45.2 Å². The SMILES string of the molecule is CC(C)Oc1cccc(C(C)NC(=O)C2(N)CC2)c1.Cl. The average molecular weight is 299 g/mol. The van der Waals surface area contributed by atoms with Crippen molar-refractivity contribution < 1.29 is 9.53 Å². The number of ether oxygens (including phenoxy) is 1. The second-order valence-electron chi connectivity index (χ2n) is 5.59. The molecule has 1 aliphatic rings. The molecule has 0 aromatic heterocycles. The van der Waals surface area contributed by atoms with Gasteiger partial charge in [-0.25, -0.2) is 0 Å². The predicted molar refractivity (Wildman–Crippen MR) is 82.2 cm³/mol. The first-order valence-electron chi connectivity index (χ1n) is 6.77. The summed E-state index contributed by atoms with van der Waals surface area (Å²) >= 11 is 0. The molecule has 0 bridgehead atoms. The smallest absolute Gasteiger partial charge is 0.240 e. The van der Waals surface area contributed by atoms with E-state index in [-0.39, 0.29) is 30.5 Å². The van der Waals surface area contributed by atoms with Crippen LogP contribution in [0, 0.1) is 0 Å². The van der Waals surface area contributed by atoms with Crippen LogP contribution in [0.15, 0.2) is 24.3 Å². The molecule has 112 valence electrons. The third-order valence-corrected chi connectivity index (χ3v) is 3.32. The lowest BCUT2D eigenvalue weighted by Crippen LogP contribution is -2.43. The summed E-state index contributed by atoms with van der Waals surface area (Å²) in [6.07, 6.45) is 1.70. The lowest BCUT2D eigenvalue weighted by molar-refractivity contribution is -0.123. The molecule has 0 heterocycles. The van der Waals surface area contributed by atoms with E-state index in [4.69, 9.17) is 10.5 Å². The Kier molecular flexibility index (Phi) is 5.42. The van der Waals surface area contributed by atoms with Gasteiger partial charge >= 0.3 is 0 Å². The van der Waals surface area contributed by atoms with E-state index in [1.807, 2.05) is 45.0 Å². The molecule has 1 unspecified atom stereocenters. The monoisotopic (exact) mass is 298 g/mol. The number of rotatable bonds is 5. The lowest BCUT2D eigenvalue weighted by Gasteiger charge is -2.18. The minimum atomic E-state index is -0.625. The molecule has 0 radical (unpaired) electrons. The van der Waals surface area contributed by atoms with Crippen molar-refractivity contribution in [3.8, 4) is 5.75 Å². The quantitative estimate of drug-likeness (QED) is 0.878. The van der Waals surface area contributed by atoms with Crippen LogP contribution >= 0.6 is 12.4 Å². The average Bonchev–Trinajstić information content (AvgIpc) is 3.08. The van der Waals surface area contributed by atoms with E-state index in [0.29, 0.717) is 0 Å². The van der Waals surface area contributed by atoms with Crippen LogP contribution in [-0.4, -0.2) is 17.6 Å². The maximum atomic E-state index is 11.9. The topological polar surface area (TPSA) is 64.3 Å². The summed E-state index contributed by atoms with van der Waals surface area (Å²) in [6.45, 7) is 5.93. The maximum Gasteiger partial charge on any atom is 0.240 e. The molecular formula is C15H23ClN2O2. The van der Waals surface area contributed by atoms with Gasteiger partial charge in [0.1, 0.15) is 5.75 Å². The van der Waals surface area contributed by atoms with Gasteiger partial charge in [0.25, 0.3) is 0 Å². The van der Waals surface area contributed by atoms with Gasteiger partial charge in [0.15, 0.2) is 0 Å². The molecule has 0 saturated heterocycles. The molecule has 1 fully saturated rings. The van der Waals surface area contributed by atoms with Gasteiger partial charge < -0.3 is 15.8 Å². The third-order valence-electron chi connectivity index (χ3n) is 3.32. The number of carbonyl (C=O) groups is 1. The van der Waals surface area contributed by atoms with Crippen molar-refractivity contribution in [3.05, 3.63) is 29.8 Å². The highest BCUT2D eigenvalue weighted by Crippen LogP contribution is 2.33. The minimum absolute atomic E-state index is 0. The van der Waals surface area contributed by atoms with Crippen molar-refractivity contribution in [2.45, 2.75) is 51.3 Å². The molecule has 2 rings (SSSR count). The lowest BCUT2D eigenvalue weighted by atomic mass is 10.1. The van der Waals surface area contributed by atoms with Crippen LogP contribution in [0.4, 0.5) is 0 Å². The molecule has 5 heteroatoms. The Morgan fingerprint density at radius 2 is 2.00 bits per heavy atom. The van der Waals surface area contributed by atoms with Crippen molar-refractivity contribution in [2.24, 2.45) is 5.73 Å². The molecule has 1 amide bonds. The molecule has 0 spiro atoms. The van der Waals surface area contributed by atoms with Crippen LogP contribution in [0.2, 0.25) is 0 Å². The van der Waals surface area contributed by atoms with E-state index < -0.39 is 5.54 Å². The number of carbonyl (C=O) groups excluding carboxylic acids is 1. The van der Waals surface area contributed by atoms with Gasteiger partial charge in [0.05, 0.1) is 17.7 Å². The summed E-state index contributed by atoms with van der Waals surface area (Å²) < 4.78 is 5.65. The van der Waals surface area contributed by atoms with E-state index in [1.165, 1.54) is 0 Å². The Balaban J connectivity index is 0.00000200. The fourth-order valence-electron chi connectivity index (χ4n) is 1.91. The van der Waals surface area contributed by atoms with E-state index in [2.05, 4.69) is 5.32 Å². The molecule has 4 nitrogen and oxygen atoms in total. The number of halogens is 1. The largest absolute Gasteiger partial charge is 0.491 e. The van der Waals surface area contributed by atoms with E-state index in [9.17, 15) is 4.79 Å². The van der Waals surface area contributed by atoms with E-state index >= 15 is 0 Å². The standard InChI is InChI=1S/C15H22N2O2.ClH/c1-10(2)19-13-6-4-5-12(9-13)11(3)17-14(18)15(16)7-8-15;/h4-6,9-11H,7-8,16H2,1-3H3,(H,17,18);1H. The summed E-state index contributed by atoms with van der Waals surface area (Å²) in [5.74, 6) is 0.762. The highest BCUT2D eigenvalue weighted by Gasteiger charge is 2.46. The van der Waals surface area contributed by atoms with Crippen molar-refractivity contribution in [2.75, 3.05) is 0 Å². The molecule has 3 N–H and O–H groups in total. The van der Waals surface area contributed by atoms with Crippen LogP contribution in [-0.2, 0) is 4.79 Å². The number of amides is 1. The molecule has 0 aliphatic heterocycles. The molecule has 1 aromatic carbocycles.